The molecule has 0 saturated carbocycles. The largest absolute Gasteiger partial charge is 0.326 e. The van der Waals surface area contributed by atoms with Gasteiger partial charge in [0.05, 0.1) is 0 Å². The third-order valence-electron chi connectivity index (χ3n) is 3.75. The average Bonchev–Trinajstić information content (AvgIpc) is 2.54. The number of carbonyl (C=O) groups excluding carboxylic acids is 2. The summed E-state index contributed by atoms with van der Waals surface area (Å²) in [6, 6.07) is 12.6. The molecule has 1 N–H and O–H groups in total. The second-order valence-corrected chi connectivity index (χ2v) is 6.52. The zero-order valence-electron chi connectivity index (χ0n) is 14.2. The topological polar surface area (TPSA) is 49.4 Å². The van der Waals surface area contributed by atoms with Crippen molar-refractivity contribution in [1.82, 2.24) is 0 Å². The molecule has 2 rings (SSSR count). The second kappa shape index (κ2) is 8.88. The van der Waals surface area contributed by atoms with E-state index in [-0.39, 0.29) is 24.8 Å². The van der Waals surface area contributed by atoms with Crippen LogP contribution in [0.4, 0.5) is 11.4 Å². The van der Waals surface area contributed by atoms with E-state index in [0.29, 0.717) is 15.7 Å². The maximum Gasteiger partial charge on any atom is 0.226 e. The summed E-state index contributed by atoms with van der Waals surface area (Å²) in [4.78, 5) is 25.6. The van der Waals surface area contributed by atoms with Crippen molar-refractivity contribution in [2.45, 2.75) is 26.7 Å². The molecule has 0 aliphatic rings. The Kier molecular flexibility index (Phi) is 6.85. The van der Waals surface area contributed by atoms with E-state index in [9.17, 15) is 9.59 Å². The highest BCUT2D eigenvalue weighted by Crippen LogP contribution is 2.25. The molecule has 0 aliphatic heterocycles. The van der Waals surface area contributed by atoms with Crippen molar-refractivity contribution >= 4 is 46.4 Å². The van der Waals surface area contributed by atoms with Gasteiger partial charge in [-0.2, -0.15) is 0 Å². The molecule has 2 aromatic carbocycles. The minimum atomic E-state index is -0.182. The monoisotopic (exact) mass is 378 g/mol. The fourth-order valence-electron chi connectivity index (χ4n) is 2.42. The SMILES string of the molecule is CCc1ccc(NC(=O)CCN(C(C)=O)c2cc(Cl)cc(Cl)c2)cc1. The van der Waals surface area contributed by atoms with Crippen LogP contribution < -0.4 is 10.2 Å². The quantitative estimate of drug-likeness (QED) is 0.773. The van der Waals surface area contributed by atoms with Gasteiger partial charge in [-0.05, 0) is 42.3 Å². The van der Waals surface area contributed by atoms with Gasteiger partial charge in [-0.25, -0.2) is 0 Å². The van der Waals surface area contributed by atoms with E-state index in [4.69, 9.17) is 23.2 Å². The van der Waals surface area contributed by atoms with E-state index in [1.165, 1.54) is 17.4 Å². The van der Waals surface area contributed by atoms with Gasteiger partial charge in [0.15, 0.2) is 0 Å². The lowest BCUT2D eigenvalue weighted by Crippen LogP contribution is -2.32. The van der Waals surface area contributed by atoms with Crippen LogP contribution in [0.25, 0.3) is 0 Å². The van der Waals surface area contributed by atoms with Gasteiger partial charge in [0.25, 0.3) is 0 Å². The van der Waals surface area contributed by atoms with E-state index in [2.05, 4.69) is 12.2 Å². The number of aryl methyl sites for hydroxylation is 1. The summed E-state index contributed by atoms with van der Waals surface area (Å²) in [6.07, 6.45) is 1.11. The number of benzene rings is 2. The Hall–Kier alpha value is -2.04. The molecule has 0 aromatic heterocycles. The summed E-state index contributed by atoms with van der Waals surface area (Å²) in [6.45, 7) is 3.76. The maximum atomic E-state index is 12.2. The molecule has 25 heavy (non-hydrogen) atoms. The molecule has 2 aromatic rings. The molecule has 0 spiro atoms. The van der Waals surface area contributed by atoms with Crippen molar-refractivity contribution in [3.63, 3.8) is 0 Å². The number of hydrogen-bond acceptors (Lipinski definition) is 2. The van der Waals surface area contributed by atoms with E-state index in [1.54, 1.807) is 18.2 Å². The minimum absolute atomic E-state index is 0.163. The Morgan fingerprint density at radius 3 is 2.16 bits per heavy atom. The second-order valence-electron chi connectivity index (χ2n) is 5.65. The van der Waals surface area contributed by atoms with E-state index in [1.807, 2.05) is 24.3 Å². The van der Waals surface area contributed by atoms with Crippen molar-refractivity contribution < 1.29 is 9.59 Å². The molecule has 2 amide bonds. The number of carbonyl (C=O) groups is 2. The van der Waals surface area contributed by atoms with Crippen LogP contribution in [-0.2, 0) is 16.0 Å². The van der Waals surface area contributed by atoms with Crippen molar-refractivity contribution in [1.29, 1.82) is 0 Å². The van der Waals surface area contributed by atoms with Gasteiger partial charge < -0.3 is 10.2 Å². The van der Waals surface area contributed by atoms with Gasteiger partial charge in [0.2, 0.25) is 11.8 Å². The highest BCUT2D eigenvalue weighted by atomic mass is 35.5. The van der Waals surface area contributed by atoms with Crippen LogP contribution in [0.5, 0.6) is 0 Å². The first-order valence-electron chi connectivity index (χ1n) is 8.02. The number of halogens is 2. The third-order valence-corrected chi connectivity index (χ3v) is 4.18. The maximum absolute atomic E-state index is 12.2. The van der Waals surface area contributed by atoms with Crippen LogP contribution in [0, 0.1) is 0 Å². The Bertz CT molecular complexity index is 740. The van der Waals surface area contributed by atoms with Crippen LogP contribution in [-0.4, -0.2) is 18.4 Å². The molecular weight excluding hydrogens is 359 g/mol. The Morgan fingerprint density at radius 1 is 1.04 bits per heavy atom. The number of hydrogen-bond donors (Lipinski definition) is 1. The lowest BCUT2D eigenvalue weighted by atomic mass is 10.1. The van der Waals surface area contributed by atoms with Gasteiger partial charge in [0, 0.05) is 41.3 Å². The first-order valence-corrected chi connectivity index (χ1v) is 8.77. The molecule has 0 heterocycles. The standard InChI is InChI=1S/C19H20Cl2N2O2/c1-3-14-4-6-17(7-5-14)22-19(25)8-9-23(13(2)24)18-11-15(20)10-16(21)12-18/h4-7,10-12H,3,8-9H2,1-2H3,(H,22,25). The molecule has 0 fully saturated rings. The van der Waals surface area contributed by atoms with Crippen molar-refractivity contribution in [3.05, 3.63) is 58.1 Å². The van der Waals surface area contributed by atoms with Crippen LogP contribution in [0.2, 0.25) is 10.0 Å². The molecule has 0 bridgehead atoms. The molecule has 132 valence electrons. The summed E-state index contributed by atoms with van der Waals surface area (Å²) in [5.41, 5.74) is 2.52. The summed E-state index contributed by atoms with van der Waals surface area (Å²) in [7, 11) is 0. The van der Waals surface area contributed by atoms with Crippen LogP contribution in [0.15, 0.2) is 42.5 Å². The third kappa shape index (κ3) is 5.76. The lowest BCUT2D eigenvalue weighted by Gasteiger charge is -2.21. The normalized spacial score (nSPS) is 10.4. The van der Waals surface area contributed by atoms with Gasteiger partial charge in [-0.15, -0.1) is 0 Å². The number of rotatable bonds is 6. The molecule has 6 heteroatoms. The fraction of sp³-hybridized carbons (Fsp3) is 0.263. The minimum Gasteiger partial charge on any atom is -0.326 e. The van der Waals surface area contributed by atoms with E-state index < -0.39 is 0 Å². The number of anilines is 2. The van der Waals surface area contributed by atoms with E-state index >= 15 is 0 Å². The summed E-state index contributed by atoms with van der Waals surface area (Å²) < 4.78 is 0. The van der Waals surface area contributed by atoms with Crippen LogP contribution in [0.1, 0.15) is 25.8 Å². The van der Waals surface area contributed by atoms with Gasteiger partial charge in [0.1, 0.15) is 0 Å². The highest BCUT2D eigenvalue weighted by Gasteiger charge is 2.15. The van der Waals surface area contributed by atoms with E-state index in [0.717, 1.165) is 12.1 Å². The predicted molar refractivity (Wildman–Crippen MR) is 104 cm³/mol. The highest BCUT2D eigenvalue weighted by molar-refractivity contribution is 6.35. The molecule has 0 unspecified atom stereocenters. The fourth-order valence-corrected chi connectivity index (χ4v) is 2.94. The smallest absolute Gasteiger partial charge is 0.226 e. The van der Waals surface area contributed by atoms with Gasteiger partial charge in [-0.1, -0.05) is 42.3 Å². The van der Waals surface area contributed by atoms with Crippen LogP contribution >= 0.6 is 23.2 Å². The first-order chi connectivity index (χ1) is 11.9. The Morgan fingerprint density at radius 2 is 1.64 bits per heavy atom. The van der Waals surface area contributed by atoms with Gasteiger partial charge >= 0.3 is 0 Å². The number of nitrogens with zero attached hydrogens (tertiary/aromatic N) is 1. The molecule has 0 saturated heterocycles. The Balaban J connectivity index is 2.00. The van der Waals surface area contributed by atoms with Gasteiger partial charge in [-0.3, -0.25) is 9.59 Å². The molecule has 0 atom stereocenters. The van der Waals surface area contributed by atoms with Crippen molar-refractivity contribution in [2.24, 2.45) is 0 Å². The average molecular weight is 379 g/mol. The molecular formula is C19H20Cl2N2O2. The molecule has 0 aliphatic carbocycles. The Labute approximate surface area is 157 Å². The number of amides is 2. The zero-order chi connectivity index (χ0) is 18.4. The molecule has 0 radical (unpaired) electrons. The van der Waals surface area contributed by atoms with Crippen molar-refractivity contribution in [2.75, 3.05) is 16.8 Å². The summed E-state index contributed by atoms with van der Waals surface area (Å²) >= 11 is 12.0. The molecule has 4 nitrogen and oxygen atoms in total. The number of nitrogens with one attached hydrogen (secondary N) is 1. The van der Waals surface area contributed by atoms with Crippen molar-refractivity contribution in [3.8, 4) is 0 Å². The predicted octanol–water partition coefficient (Wildman–Crippen LogP) is 4.94. The lowest BCUT2D eigenvalue weighted by molar-refractivity contribution is -0.117. The first kappa shape index (κ1) is 19.3. The zero-order valence-corrected chi connectivity index (χ0v) is 15.7. The summed E-state index contributed by atoms with van der Waals surface area (Å²) in [5, 5.41) is 3.71. The van der Waals surface area contributed by atoms with Crippen LogP contribution in [0.3, 0.4) is 0 Å². The summed E-state index contributed by atoms with van der Waals surface area (Å²) in [5.74, 6) is -0.345.